The van der Waals surface area contributed by atoms with Gasteiger partial charge in [0, 0.05) is 59.0 Å². The van der Waals surface area contributed by atoms with Crippen LogP contribution in [0.25, 0.3) is 0 Å². The molecule has 1 unspecified atom stereocenters. The van der Waals surface area contributed by atoms with Crippen molar-refractivity contribution in [1.29, 1.82) is 0 Å². The fourth-order valence-electron chi connectivity index (χ4n) is 3.59. The van der Waals surface area contributed by atoms with Crippen LogP contribution < -0.4 is 10.6 Å². The maximum absolute atomic E-state index is 12.5. The second-order valence-corrected chi connectivity index (χ2v) is 6.99. The topological polar surface area (TPSA) is 86.3 Å². The van der Waals surface area contributed by atoms with Gasteiger partial charge in [0.25, 0.3) is 11.8 Å². The summed E-state index contributed by atoms with van der Waals surface area (Å²) in [5, 5.41) is 5.99. The number of nitrogens with zero attached hydrogens (tertiary/aromatic N) is 3. The van der Waals surface area contributed by atoms with E-state index in [0.717, 1.165) is 37.5 Å². The van der Waals surface area contributed by atoms with E-state index in [9.17, 15) is 9.59 Å². The molecule has 1 aromatic carbocycles. The zero-order chi connectivity index (χ0) is 19.9. The van der Waals surface area contributed by atoms with Crippen LogP contribution in [0.15, 0.2) is 29.3 Å². The van der Waals surface area contributed by atoms with Gasteiger partial charge in [0.2, 0.25) is 0 Å². The van der Waals surface area contributed by atoms with Gasteiger partial charge >= 0.3 is 0 Å². The van der Waals surface area contributed by atoms with Crippen molar-refractivity contribution in [2.45, 2.75) is 25.5 Å². The smallest absolute Gasteiger partial charge is 0.251 e. The van der Waals surface area contributed by atoms with Gasteiger partial charge in [0.1, 0.15) is 6.10 Å². The normalized spacial score (nSPS) is 20.2. The Bertz CT molecular complexity index is 722. The second kappa shape index (κ2) is 9.54. The van der Waals surface area contributed by atoms with Crippen molar-refractivity contribution >= 4 is 17.8 Å². The third-order valence-corrected chi connectivity index (χ3v) is 5.17. The number of hydrogen-bond donors (Lipinski definition) is 2. The van der Waals surface area contributed by atoms with E-state index in [1.54, 1.807) is 20.2 Å². The summed E-state index contributed by atoms with van der Waals surface area (Å²) in [6.07, 6.45) is 1.54. The quantitative estimate of drug-likeness (QED) is 0.579. The fourth-order valence-corrected chi connectivity index (χ4v) is 3.59. The number of carbonyl (C=O) groups excluding carboxylic acids is 2. The second-order valence-electron chi connectivity index (χ2n) is 6.99. The van der Waals surface area contributed by atoms with E-state index in [2.05, 4.69) is 20.5 Å². The van der Waals surface area contributed by atoms with E-state index < -0.39 is 0 Å². The molecular weight excluding hydrogens is 358 g/mol. The van der Waals surface area contributed by atoms with Crippen LogP contribution in [0.2, 0.25) is 0 Å². The predicted octanol–water partition coefficient (Wildman–Crippen LogP) is 0.445. The molecule has 8 heteroatoms. The van der Waals surface area contributed by atoms with Gasteiger partial charge in [-0.3, -0.25) is 14.6 Å². The van der Waals surface area contributed by atoms with E-state index in [4.69, 9.17) is 4.74 Å². The van der Waals surface area contributed by atoms with Crippen LogP contribution >= 0.6 is 0 Å². The molecule has 0 saturated carbocycles. The van der Waals surface area contributed by atoms with Crippen molar-refractivity contribution in [3.63, 3.8) is 0 Å². The first-order valence-corrected chi connectivity index (χ1v) is 9.79. The highest BCUT2D eigenvalue weighted by Crippen LogP contribution is 2.16. The Labute approximate surface area is 165 Å². The Hall–Kier alpha value is -2.61. The average molecular weight is 387 g/mol. The van der Waals surface area contributed by atoms with Gasteiger partial charge < -0.3 is 25.2 Å². The maximum Gasteiger partial charge on any atom is 0.251 e. The molecule has 2 aliphatic heterocycles. The largest absolute Gasteiger partial charge is 0.368 e. The lowest BCUT2D eigenvalue weighted by Crippen LogP contribution is -2.55. The third-order valence-electron chi connectivity index (χ3n) is 5.17. The summed E-state index contributed by atoms with van der Waals surface area (Å²) in [7, 11) is 3.38. The minimum Gasteiger partial charge on any atom is -0.368 e. The van der Waals surface area contributed by atoms with Crippen LogP contribution in [0.4, 0.5) is 0 Å². The minimum atomic E-state index is -0.253. The molecule has 28 heavy (non-hydrogen) atoms. The number of ether oxygens (including phenoxy) is 1. The van der Waals surface area contributed by atoms with Crippen molar-refractivity contribution in [3.05, 3.63) is 35.4 Å². The molecule has 152 valence electrons. The summed E-state index contributed by atoms with van der Waals surface area (Å²) in [6, 6.07) is 7.52. The monoisotopic (exact) mass is 387 g/mol. The summed E-state index contributed by atoms with van der Waals surface area (Å²) in [4.78, 5) is 32.7. The Kier molecular flexibility index (Phi) is 6.86. The number of amides is 2. The molecule has 3 rings (SSSR count). The lowest BCUT2D eigenvalue weighted by molar-refractivity contribution is -0.142. The summed E-state index contributed by atoms with van der Waals surface area (Å²) in [5.41, 5.74) is 1.65. The summed E-state index contributed by atoms with van der Waals surface area (Å²) in [6.45, 7) is 4.07. The van der Waals surface area contributed by atoms with Gasteiger partial charge in [-0.05, 0) is 30.5 Å². The van der Waals surface area contributed by atoms with Crippen molar-refractivity contribution in [2.24, 2.45) is 4.99 Å². The van der Waals surface area contributed by atoms with Crippen molar-refractivity contribution < 1.29 is 14.3 Å². The van der Waals surface area contributed by atoms with Crippen LogP contribution in [0, 0.1) is 0 Å². The molecule has 2 heterocycles. The lowest BCUT2D eigenvalue weighted by Gasteiger charge is -2.37. The standard InChI is InChI=1S/C20H29N5O3/c1-21-18(26)16-6-3-5-15(13-16)14-23-20(22-2)25-10-8-24(9-11-25)19(27)17-7-4-12-28-17/h3,5-6,13,17H,4,7-12,14H2,1-2H3,(H,21,26)(H,22,23). The number of carbonyl (C=O) groups is 2. The van der Waals surface area contributed by atoms with Crippen LogP contribution in [0.3, 0.4) is 0 Å². The van der Waals surface area contributed by atoms with Crippen molar-refractivity contribution in [1.82, 2.24) is 20.4 Å². The lowest BCUT2D eigenvalue weighted by atomic mass is 10.1. The summed E-state index contributed by atoms with van der Waals surface area (Å²) < 4.78 is 5.52. The molecule has 2 fully saturated rings. The van der Waals surface area contributed by atoms with Crippen LogP contribution in [0.1, 0.15) is 28.8 Å². The average Bonchev–Trinajstić information content (AvgIpc) is 3.28. The molecule has 0 aliphatic carbocycles. The molecule has 2 saturated heterocycles. The molecule has 2 amide bonds. The van der Waals surface area contributed by atoms with E-state index in [-0.39, 0.29) is 17.9 Å². The zero-order valence-corrected chi connectivity index (χ0v) is 16.6. The Morgan fingerprint density at radius 1 is 1.21 bits per heavy atom. The summed E-state index contributed by atoms with van der Waals surface area (Å²) >= 11 is 0. The third kappa shape index (κ3) is 4.81. The highest BCUT2D eigenvalue weighted by molar-refractivity contribution is 5.94. The van der Waals surface area contributed by atoms with E-state index in [1.165, 1.54) is 0 Å². The van der Waals surface area contributed by atoms with Crippen LogP contribution in [-0.2, 0) is 16.1 Å². The van der Waals surface area contributed by atoms with E-state index >= 15 is 0 Å². The van der Waals surface area contributed by atoms with E-state index in [1.807, 2.05) is 23.1 Å². The Morgan fingerprint density at radius 2 is 1.96 bits per heavy atom. The molecule has 8 nitrogen and oxygen atoms in total. The molecule has 0 bridgehead atoms. The fraction of sp³-hybridized carbons (Fsp3) is 0.550. The molecule has 1 aromatic rings. The molecule has 2 N–H and O–H groups in total. The number of guanidine groups is 1. The van der Waals surface area contributed by atoms with Crippen LogP contribution in [-0.4, -0.2) is 80.6 Å². The summed E-state index contributed by atoms with van der Waals surface area (Å²) in [5.74, 6) is 0.818. The number of nitrogens with one attached hydrogen (secondary N) is 2. The van der Waals surface area contributed by atoms with Crippen LogP contribution in [0.5, 0.6) is 0 Å². The molecule has 0 spiro atoms. The first-order valence-electron chi connectivity index (χ1n) is 9.79. The van der Waals surface area contributed by atoms with Gasteiger partial charge in [-0.1, -0.05) is 12.1 Å². The molecule has 2 aliphatic rings. The molecule has 0 aromatic heterocycles. The van der Waals surface area contributed by atoms with Gasteiger partial charge in [0.15, 0.2) is 5.96 Å². The molecule has 1 atom stereocenters. The maximum atomic E-state index is 12.5. The number of piperazine rings is 1. The van der Waals surface area contributed by atoms with Gasteiger partial charge in [-0.25, -0.2) is 0 Å². The highest BCUT2D eigenvalue weighted by atomic mass is 16.5. The highest BCUT2D eigenvalue weighted by Gasteiger charge is 2.30. The number of benzene rings is 1. The number of rotatable bonds is 4. The molecule has 0 radical (unpaired) electrons. The molecular formula is C20H29N5O3. The number of aliphatic imine (C=N–C) groups is 1. The van der Waals surface area contributed by atoms with Gasteiger partial charge in [0.05, 0.1) is 0 Å². The first kappa shape index (κ1) is 20.1. The van der Waals surface area contributed by atoms with Gasteiger partial charge in [-0.2, -0.15) is 0 Å². The predicted molar refractivity (Wildman–Crippen MR) is 107 cm³/mol. The Morgan fingerprint density at radius 3 is 2.61 bits per heavy atom. The van der Waals surface area contributed by atoms with Crippen molar-refractivity contribution in [3.8, 4) is 0 Å². The van der Waals surface area contributed by atoms with Gasteiger partial charge in [-0.15, -0.1) is 0 Å². The van der Waals surface area contributed by atoms with Crippen molar-refractivity contribution in [2.75, 3.05) is 46.9 Å². The SMILES string of the molecule is CN=C(NCc1cccc(C(=O)NC)c1)N1CCN(C(=O)C2CCCO2)CC1. The minimum absolute atomic E-state index is 0.0988. The van der Waals surface area contributed by atoms with E-state index in [0.29, 0.717) is 31.8 Å². The number of hydrogen-bond acceptors (Lipinski definition) is 4. The Balaban J connectivity index is 1.51. The first-order chi connectivity index (χ1) is 13.6. The zero-order valence-electron chi connectivity index (χ0n) is 16.6.